The normalized spacial score (nSPS) is 12.1. The van der Waals surface area contributed by atoms with Gasteiger partial charge in [-0.1, -0.05) is 0 Å². The number of ether oxygens (including phenoxy) is 5. The molecule has 0 unspecified atom stereocenters. The van der Waals surface area contributed by atoms with Gasteiger partial charge in [0.15, 0.2) is 23.0 Å². The molecule has 1 heterocycles. The van der Waals surface area contributed by atoms with Crippen molar-refractivity contribution < 1.29 is 41.7 Å². The Balaban J connectivity index is 1.91. The largest absolute Gasteiger partial charge is 0.493 e. The molecule has 0 atom stereocenters. The van der Waals surface area contributed by atoms with Gasteiger partial charge < -0.3 is 29.0 Å². The van der Waals surface area contributed by atoms with Crippen molar-refractivity contribution in [3.05, 3.63) is 35.9 Å². The summed E-state index contributed by atoms with van der Waals surface area (Å²) in [4.78, 5) is 25.0. The number of hydrogen-bond acceptors (Lipinski definition) is 9. The van der Waals surface area contributed by atoms with Crippen molar-refractivity contribution in [3.8, 4) is 23.0 Å². The van der Waals surface area contributed by atoms with E-state index in [1.54, 1.807) is 6.07 Å². The highest BCUT2D eigenvalue weighted by molar-refractivity contribution is 7.92. The van der Waals surface area contributed by atoms with E-state index in [0.717, 1.165) is 10.6 Å². The SMILES string of the molecule is COC(=O)c1cc(OC)c(OC)cc1NC(=O)CN(c1ccc2c(c1)OCO2)S(C)(=O)=O. The Bertz CT molecular complexity index is 1150. The second-order valence-corrected chi connectivity index (χ2v) is 8.51. The summed E-state index contributed by atoms with van der Waals surface area (Å²) < 4.78 is 51.4. The van der Waals surface area contributed by atoms with E-state index in [9.17, 15) is 18.0 Å². The van der Waals surface area contributed by atoms with E-state index in [2.05, 4.69) is 5.32 Å². The smallest absolute Gasteiger partial charge is 0.340 e. The van der Waals surface area contributed by atoms with Crippen LogP contribution in [0.1, 0.15) is 10.4 Å². The van der Waals surface area contributed by atoms with Crippen LogP contribution in [0, 0.1) is 0 Å². The van der Waals surface area contributed by atoms with E-state index in [0.29, 0.717) is 11.5 Å². The topological polar surface area (TPSA) is 130 Å². The summed E-state index contributed by atoms with van der Waals surface area (Å²) in [5.41, 5.74) is 0.290. The minimum absolute atomic E-state index is 0.00693. The highest BCUT2D eigenvalue weighted by Gasteiger charge is 2.25. The zero-order valence-corrected chi connectivity index (χ0v) is 18.6. The Morgan fingerprint density at radius 1 is 1.03 bits per heavy atom. The highest BCUT2D eigenvalue weighted by atomic mass is 32.2. The van der Waals surface area contributed by atoms with Crippen molar-refractivity contribution in [2.75, 3.05) is 50.5 Å². The third-order valence-electron chi connectivity index (χ3n) is 4.53. The van der Waals surface area contributed by atoms with E-state index in [1.165, 1.54) is 45.6 Å². The maximum Gasteiger partial charge on any atom is 0.340 e. The summed E-state index contributed by atoms with van der Waals surface area (Å²) in [6, 6.07) is 7.25. The maximum absolute atomic E-state index is 12.8. The predicted molar refractivity (Wildman–Crippen MR) is 114 cm³/mol. The predicted octanol–water partition coefficient (Wildman–Crippen LogP) is 1.62. The molecule has 0 radical (unpaired) electrons. The number of esters is 1. The molecule has 0 aromatic heterocycles. The number of amides is 1. The van der Waals surface area contributed by atoms with Crippen LogP contribution in [0.5, 0.6) is 23.0 Å². The van der Waals surface area contributed by atoms with Crippen LogP contribution in [0.3, 0.4) is 0 Å². The van der Waals surface area contributed by atoms with Crippen molar-refractivity contribution in [1.82, 2.24) is 0 Å². The van der Waals surface area contributed by atoms with Crippen LogP contribution in [0.25, 0.3) is 0 Å². The first-order valence-electron chi connectivity index (χ1n) is 9.19. The quantitative estimate of drug-likeness (QED) is 0.577. The van der Waals surface area contributed by atoms with Crippen LogP contribution in [0.4, 0.5) is 11.4 Å². The zero-order chi connectivity index (χ0) is 23.5. The molecule has 0 aliphatic carbocycles. The Morgan fingerprint density at radius 3 is 2.31 bits per heavy atom. The zero-order valence-electron chi connectivity index (χ0n) is 17.8. The van der Waals surface area contributed by atoms with Crippen LogP contribution in [0.15, 0.2) is 30.3 Å². The number of methoxy groups -OCH3 is 3. The van der Waals surface area contributed by atoms with Gasteiger partial charge in [0.05, 0.1) is 44.5 Å². The van der Waals surface area contributed by atoms with Gasteiger partial charge in [0, 0.05) is 18.2 Å². The van der Waals surface area contributed by atoms with E-state index in [4.69, 9.17) is 23.7 Å². The van der Waals surface area contributed by atoms with Gasteiger partial charge in [0.2, 0.25) is 22.7 Å². The fourth-order valence-electron chi connectivity index (χ4n) is 3.02. The third kappa shape index (κ3) is 4.80. The molecule has 0 fully saturated rings. The van der Waals surface area contributed by atoms with Gasteiger partial charge in [-0.2, -0.15) is 0 Å². The van der Waals surface area contributed by atoms with Crippen LogP contribution in [-0.4, -0.2) is 61.2 Å². The molecule has 12 heteroatoms. The first-order valence-corrected chi connectivity index (χ1v) is 11.0. The van der Waals surface area contributed by atoms with Crippen molar-refractivity contribution in [1.29, 1.82) is 0 Å². The molecule has 0 spiro atoms. The number of nitrogens with zero attached hydrogens (tertiary/aromatic N) is 1. The molecule has 172 valence electrons. The lowest BCUT2D eigenvalue weighted by atomic mass is 10.1. The average molecular weight is 466 g/mol. The highest BCUT2D eigenvalue weighted by Crippen LogP contribution is 2.36. The molecule has 1 N–H and O–H groups in total. The Hall–Kier alpha value is -3.67. The molecule has 1 aliphatic heterocycles. The van der Waals surface area contributed by atoms with Gasteiger partial charge >= 0.3 is 5.97 Å². The number of fused-ring (bicyclic) bond motifs is 1. The second kappa shape index (κ2) is 9.22. The second-order valence-electron chi connectivity index (χ2n) is 6.60. The Labute approximate surface area is 184 Å². The Morgan fingerprint density at radius 2 is 1.69 bits per heavy atom. The van der Waals surface area contributed by atoms with Crippen molar-refractivity contribution in [2.45, 2.75) is 0 Å². The summed E-state index contributed by atoms with van der Waals surface area (Å²) in [5, 5.41) is 2.54. The van der Waals surface area contributed by atoms with Crippen LogP contribution < -0.4 is 28.6 Å². The minimum atomic E-state index is -3.84. The third-order valence-corrected chi connectivity index (χ3v) is 5.68. The molecule has 3 rings (SSSR count). The monoisotopic (exact) mass is 466 g/mol. The number of hydrogen-bond donors (Lipinski definition) is 1. The average Bonchev–Trinajstić information content (AvgIpc) is 3.23. The number of carbonyl (C=O) groups excluding carboxylic acids is 2. The molecule has 0 saturated heterocycles. The van der Waals surface area contributed by atoms with E-state index >= 15 is 0 Å². The van der Waals surface area contributed by atoms with Crippen LogP contribution in [-0.2, 0) is 19.6 Å². The standard InChI is InChI=1S/C20H22N2O9S/c1-27-16-8-13(20(24)29-3)14(9-17(16)28-2)21-19(23)10-22(32(4,25)26)12-5-6-15-18(7-12)31-11-30-15/h5-9H,10-11H2,1-4H3,(H,21,23). The van der Waals surface area contributed by atoms with E-state index < -0.39 is 28.4 Å². The first kappa shape index (κ1) is 23.0. The Kier molecular flexibility index (Phi) is 6.63. The molecule has 11 nitrogen and oxygen atoms in total. The van der Waals surface area contributed by atoms with E-state index in [1.807, 2.05) is 0 Å². The van der Waals surface area contributed by atoms with Crippen LogP contribution in [0.2, 0.25) is 0 Å². The fraction of sp³-hybridized carbons (Fsp3) is 0.300. The van der Waals surface area contributed by atoms with E-state index in [-0.39, 0.29) is 35.2 Å². The number of nitrogens with one attached hydrogen (secondary N) is 1. The van der Waals surface area contributed by atoms with Gasteiger partial charge in [-0.3, -0.25) is 9.10 Å². The fourth-order valence-corrected chi connectivity index (χ4v) is 3.87. The molecule has 32 heavy (non-hydrogen) atoms. The number of sulfonamides is 1. The lowest BCUT2D eigenvalue weighted by molar-refractivity contribution is -0.114. The van der Waals surface area contributed by atoms with Gasteiger partial charge in [0.25, 0.3) is 0 Å². The van der Waals surface area contributed by atoms with Gasteiger partial charge in [-0.15, -0.1) is 0 Å². The molecule has 1 aliphatic rings. The summed E-state index contributed by atoms with van der Waals surface area (Å²) in [5.74, 6) is -0.0817. The number of benzene rings is 2. The molecule has 1 amide bonds. The van der Waals surface area contributed by atoms with Crippen molar-refractivity contribution in [2.24, 2.45) is 0 Å². The lowest BCUT2D eigenvalue weighted by Gasteiger charge is -2.22. The summed E-state index contributed by atoms with van der Waals surface area (Å²) in [7, 11) is 0.143. The molecular weight excluding hydrogens is 444 g/mol. The summed E-state index contributed by atoms with van der Waals surface area (Å²) >= 11 is 0. The molecular formula is C20H22N2O9S. The lowest BCUT2D eigenvalue weighted by Crippen LogP contribution is -2.37. The van der Waals surface area contributed by atoms with Crippen molar-refractivity contribution in [3.63, 3.8) is 0 Å². The van der Waals surface area contributed by atoms with Gasteiger partial charge in [0.1, 0.15) is 6.54 Å². The summed E-state index contributed by atoms with van der Waals surface area (Å²) in [6.07, 6.45) is 0.973. The minimum Gasteiger partial charge on any atom is -0.493 e. The van der Waals surface area contributed by atoms with Gasteiger partial charge in [-0.05, 0) is 12.1 Å². The number of anilines is 2. The van der Waals surface area contributed by atoms with Gasteiger partial charge in [-0.25, -0.2) is 13.2 Å². The molecule has 0 saturated carbocycles. The van der Waals surface area contributed by atoms with Crippen molar-refractivity contribution >= 4 is 33.3 Å². The molecule has 0 bridgehead atoms. The van der Waals surface area contributed by atoms with Crippen LogP contribution >= 0.6 is 0 Å². The molecule has 2 aromatic rings. The maximum atomic E-state index is 12.8. The first-order chi connectivity index (χ1) is 15.2. The number of rotatable bonds is 8. The summed E-state index contributed by atoms with van der Waals surface area (Å²) in [6.45, 7) is -0.540. The molecule has 2 aromatic carbocycles. The number of carbonyl (C=O) groups is 2.